The smallest absolute Gasteiger partial charge is 0.124 e. The van der Waals surface area contributed by atoms with Gasteiger partial charge in [0.25, 0.3) is 0 Å². The Morgan fingerprint density at radius 1 is 1.04 bits per heavy atom. The van der Waals surface area contributed by atoms with Crippen LogP contribution in [0.1, 0.15) is 23.4 Å². The van der Waals surface area contributed by atoms with Gasteiger partial charge in [0.2, 0.25) is 0 Å². The molecule has 28 heavy (non-hydrogen) atoms. The maximum absolute atomic E-state index is 6.06. The molecule has 0 amide bonds. The van der Waals surface area contributed by atoms with Crippen LogP contribution in [-0.4, -0.2) is 47.4 Å². The summed E-state index contributed by atoms with van der Waals surface area (Å²) in [6.07, 6.45) is 0.948. The Kier molecular flexibility index (Phi) is 5.93. The lowest BCUT2D eigenvalue weighted by Gasteiger charge is -2.26. The van der Waals surface area contributed by atoms with Crippen LogP contribution in [0, 0.1) is 13.8 Å². The van der Waals surface area contributed by atoms with Crippen LogP contribution in [-0.2, 0) is 17.8 Å². The van der Waals surface area contributed by atoms with Crippen LogP contribution >= 0.6 is 0 Å². The molecule has 0 saturated carbocycles. The number of hydrogen-bond acceptors (Lipinski definition) is 4. The Hall–Kier alpha value is -2.37. The van der Waals surface area contributed by atoms with E-state index in [4.69, 9.17) is 14.5 Å². The molecule has 3 aromatic rings. The first kappa shape index (κ1) is 19.0. The summed E-state index contributed by atoms with van der Waals surface area (Å²) in [5.41, 5.74) is 4.77. The van der Waals surface area contributed by atoms with E-state index in [0.717, 1.165) is 62.9 Å². The number of hydrogen-bond donors (Lipinski definition) is 0. The summed E-state index contributed by atoms with van der Waals surface area (Å²) in [4.78, 5) is 7.33. The van der Waals surface area contributed by atoms with E-state index < -0.39 is 0 Å². The highest BCUT2D eigenvalue weighted by atomic mass is 16.5. The van der Waals surface area contributed by atoms with Crippen molar-refractivity contribution in [2.24, 2.45) is 0 Å². The van der Waals surface area contributed by atoms with Crippen molar-refractivity contribution >= 4 is 11.0 Å². The Morgan fingerprint density at radius 3 is 2.71 bits per heavy atom. The molecule has 1 fully saturated rings. The van der Waals surface area contributed by atoms with Gasteiger partial charge in [-0.05, 0) is 49.6 Å². The van der Waals surface area contributed by atoms with E-state index in [-0.39, 0.29) is 0 Å². The van der Waals surface area contributed by atoms with Gasteiger partial charge >= 0.3 is 0 Å². The molecule has 0 bridgehead atoms. The zero-order valence-corrected chi connectivity index (χ0v) is 16.9. The molecule has 1 aromatic heterocycles. The summed E-state index contributed by atoms with van der Waals surface area (Å²) in [5, 5.41) is 0. The second kappa shape index (κ2) is 8.76. The molecule has 5 heteroatoms. The molecule has 1 saturated heterocycles. The third-order valence-electron chi connectivity index (χ3n) is 5.54. The molecule has 5 nitrogen and oxygen atoms in total. The van der Waals surface area contributed by atoms with E-state index >= 15 is 0 Å². The molecule has 0 aliphatic carbocycles. The van der Waals surface area contributed by atoms with Gasteiger partial charge in [-0.3, -0.25) is 4.90 Å². The lowest BCUT2D eigenvalue weighted by molar-refractivity contribution is 0.0326. The lowest BCUT2D eigenvalue weighted by atomic mass is 10.1. The van der Waals surface area contributed by atoms with Crippen molar-refractivity contribution in [1.82, 2.24) is 14.5 Å². The number of morpholine rings is 1. The molecule has 1 aliphatic heterocycles. The molecule has 0 atom stereocenters. The molecule has 4 rings (SSSR count). The van der Waals surface area contributed by atoms with Gasteiger partial charge in [-0.25, -0.2) is 4.98 Å². The first-order valence-corrected chi connectivity index (χ1v) is 10.2. The van der Waals surface area contributed by atoms with Crippen LogP contribution in [0.3, 0.4) is 0 Å². The van der Waals surface area contributed by atoms with Gasteiger partial charge in [0, 0.05) is 19.6 Å². The minimum Gasteiger partial charge on any atom is -0.493 e. The standard InChI is InChI=1S/C23H29N3O2/c1-18-7-5-10-22(19(18)2)28-14-6-11-26-21-9-4-3-8-20(21)24-23(26)17-25-12-15-27-16-13-25/h3-5,7-10H,6,11-17H2,1-2H3. The Labute approximate surface area is 166 Å². The highest BCUT2D eigenvalue weighted by Gasteiger charge is 2.16. The number of rotatable bonds is 7. The normalized spacial score (nSPS) is 15.2. The van der Waals surface area contributed by atoms with Crippen molar-refractivity contribution in [2.75, 3.05) is 32.9 Å². The van der Waals surface area contributed by atoms with Gasteiger partial charge in [0.05, 0.1) is 37.4 Å². The number of ether oxygens (including phenoxy) is 2. The average molecular weight is 380 g/mol. The number of para-hydroxylation sites is 2. The van der Waals surface area contributed by atoms with Crippen LogP contribution in [0.2, 0.25) is 0 Å². The van der Waals surface area contributed by atoms with Crippen molar-refractivity contribution in [3.8, 4) is 5.75 Å². The van der Waals surface area contributed by atoms with Crippen LogP contribution < -0.4 is 4.74 Å². The predicted molar refractivity (Wildman–Crippen MR) is 112 cm³/mol. The van der Waals surface area contributed by atoms with Crippen molar-refractivity contribution in [3.05, 3.63) is 59.4 Å². The van der Waals surface area contributed by atoms with E-state index in [1.54, 1.807) is 0 Å². The maximum Gasteiger partial charge on any atom is 0.124 e. The molecule has 148 valence electrons. The fourth-order valence-electron chi connectivity index (χ4n) is 3.74. The molecule has 1 aliphatic rings. The average Bonchev–Trinajstić information content (AvgIpc) is 3.06. The van der Waals surface area contributed by atoms with E-state index in [0.29, 0.717) is 6.61 Å². The summed E-state index contributed by atoms with van der Waals surface area (Å²) in [6.45, 7) is 10.3. The van der Waals surface area contributed by atoms with Crippen molar-refractivity contribution in [2.45, 2.75) is 33.4 Å². The number of nitrogens with zero attached hydrogens (tertiary/aromatic N) is 3. The second-order valence-electron chi connectivity index (χ2n) is 7.46. The first-order valence-electron chi connectivity index (χ1n) is 10.2. The molecule has 2 heterocycles. The van der Waals surface area contributed by atoms with Gasteiger partial charge in [-0.1, -0.05) is 24.3 Å². The number of benzene rings is 2. The van der Waals surface area contributed by atoms with Gasteiger partial charge in [-0.2, -0.15) is 0 Å². The zero-order valence-electron chi connectivity index (χ0n) is 16.9. The summed E-state index contributed by atoms with van der Waals surface area (Å²) < 4.78 is 13.9. The SMILES string of the molecule is Cc1cccc(OCCCn2c(CN3CCOCC3)nc3ccccc32)c1C. The van der Waals surface area contributed by atoms with Crippen LogP contribution in [0.25, 0.3) is 11.0 Å². The van der Waals surface area contributed by atoms with E-state index in [1.807, 2.05) is 0 Å². The van der Waals surface area contributed by atoms with E-state index in [2.05, 4.69) is 65.8 Å². The monoisotopic (exact) mass is 379 g/mol. The third-order valence-corrected chi connectivity index (χ3v) is 5.54. The van der Waals surface area contributed by atoms with Crippen molar-refractivity contribution in [1.29, 1.82) is 0 Å². The number of aromatic nitrogens is 2. The fourth-order valence-corrected chi connectivity index (χ4v) is 3.74. The number of imidazole rings is 1. The summed E-state index contributed by atoms with van der Waals surface area (Å²) in [7, 11) is 0. The third kappa shape index (κ3) is 4.21. The topological polar surface area (TPSA) is 39.5 Å². The van der Waals surface area contributed by atoms with Gasteiger partial charge in [-0.15, -0.1) is 0 Å². The van der Waals surface area contributed by atoms with Crippen molar-refractivity contribution < 1.29 is 9.47 Å². The Bertz CT molecular complexity index is 929. The summed E-state index contributed by atoms with van der Waals surface area (Å²) >= 11 is 0. The lowest BCUT2D eigenvalue weighted by Crippen LogP contribution is -2.36. The number of aryl methyl sites for hydroxylation is 2. The fraction of sp³-hybridized carbons (Fsp3) is 0.435. The van der Waals surface area contributed by atoms with Gasteiger partial charge < -0.3 is 14.0 Å². The second-order valence-corrected chi connectivity index (χ2v) is 7.46. The minimum atomic E-state index is 0.702. The minimum absolute atomic E-state index is 0.702. The molecular formula is C23H29N3O2. The quantitative estimate of drug-likeness (QED) is 0.583. The first-order chi connectivity index (χ1) is 13.7. The van der Waals surface area contributed by atoms with E-state index in [9.17, 15) is 0 Å². The Morgan fingerprint density at radius 2 is 1.86 bits per heavy atom. The van der Waals surface area contributed by atoms with Crippen LogP contribution in [0.4, 0.5) is 0 Å². The maximum atomic E-state index is 6.06. The number of fused-ring (bicyclic) bond motifs is 1. The summed E-state index contributed by atoms with van der Waals surface area (Å²) in [6, 6.07) is 14.6. The zero-order chi connectivity index (χ0) is 19.3. The predicted octanol–water partition coefficient (Wildman–Crippen LogP) is 3.95. The largest absolute Gasteiger partial charge is 0.493 e. The molecular weight excluding hydrogens is 350 g/mol. The van der Waals surface area contributed by atoms with E-state index in [1.165, 1.54) is 16.6 Å². The highest BCUT2D eigenvalue weighted by molar-refractivity contribution is 5.75. The molecule has 0 unspecified atom stereocenters. The molecule has 2 aromatic carbocycles. The molecule has 0 spiro atoms. The van der Waals surface area contributed by atoms with Crippen LogP contribution in [0.15, 0.2) is 42.5 Å². The van der Waals surface area contributed by atoms with Gasteiger partial charge in [0.1, 0.15) is 11.6 Å². The summed E-state index contributed by atoms with van der Waals surface area (Å²) in [5.74, 6) is 2.12. The van der Waals surface area contributed by atoms with Gasteiger partial charge in [0.15, 0.2) is 0 Å². The van der Waals surface area contributed by atoms with Crippen LogP contribution in [0.5, 0.6) is 5.75 Å². The molecule has 0 radical (unpaired) electrons. The Balaban J connectivity index is 1.44. The highest BCUT2D eigenvalue weighted by Crippen LogP contribution is 2.22. The van der Waals surface area contributed by atoms with Crippen molar-refractivity contribution in [3.63, 3.8) is 0 Å². The molecule has 0 N–H and O–H groups in total.